The van der Waals surface area contributed by atoms with Crippen molar-refractivity contribution in [1.82, 2.24) is 5.01 Å². The van der Waals surface area contributed by atoms with Crippen molar-refractivity contribution < 1.29 is 9.53 Å². The summed E-state index contributed by atoms with van der Waals surface area (Å²) in [5.41, 5.74) is 3.34. The van der Waals surface area contributed by atoms with Crippen molar-refractivity contribution >= 4 is 11.8 Å². The Kier molecular flexibility index (Phi) is 2.89. The smallest absolute Gasteiger partial charge is 0.431 e. The van der Waals surface area contributed by atoms with E-state index < -0.39 is 11.7 Å². The maximum absolute atomic E-state index is 11.7. The predicted octanol–water partition coefficient (Wildman–Crippen LogP) is 2.98. The van der Waals surface area contributed by atoms with Gasteiger partial charge in [0.25, 0.3) is 0 Å². The number of nitrogens with zero attached hydrogens (tertiary/aromatic N) is 2. The molecule has 18 heavy (non-hydrogen) atoms. The number of hydrogen-bond donors (Lipinski definition) is 0. The van der Waals surface area contributed by atoms with Crippen LogP contribution in [0.25, 0.3) is 0 Å². The fourth-order valence-electron chi connectivity index (χ4n) is 1.98. The van der Waals surface area contributed by atoms with Crippen molar-refractivity contribution in [1.29, 1.82) is 0 Å². The minimum atomic E-state index is -0.776. The van der Waals surface area contributed by atoms with Crippen molar-refractivity contribution in [2.75, 3.05) is 7.05 Å². The highest BCUT2D eigenvalue weighted by Gasteiger charge is 2.39. The molecule has 1 aliphatic heterocycles. The van der Waals surface area contributed by atoms with Gasteiger partial charge < -0.3 is 4.74 Å². The van der Waals surface area contributed by atoms with Crippen LogP contribution >= 0.6 is 0 Å². The summed E-state index contributed by atoms with van der Waals surface area (Å²) in [5, 5.41) is 5.44. The maximum Gasteiger partial charge on any atom is 0.431 e. The van der Waals surface area contributed by atoms with Gasteiger partial charge in [0.05, 0.1) is 5.71 Å². The van der Waals surface area contributed by atoms with E-state index in [1.54, 1.807) is 7.05 Å². The summed E-state index contributed by atoms with van der Waals surface area (Å²) < 4.78 is 5.54. The SMILES string of the molecule is CC1=NN(C)C(=O)OC1(C)c1ccc(C)c(C)c1. The number of hydrazone groups is 1. The van der Waals surface area contributed by atoms with E-state index in [0.717, 1.165) is 11.3 Å². The Labute approximate surface area is 107 Å². The fraction of sp³-hybridized carbons (Fsp3) is 0.429. The molecule has 0 radical (unpaired) electrons. The summed E-state index contributed by atoms with van der Waals surface area (Å²) in [6.45, 7) is 7.85. The first-order chi connectivity index (χ1) is 8.34. The minimum Gasteiger partial charge on any atom is -0.431 e. The summed E-state index contributed by atoms with van der Waals surface area (Å²) in [6, 6.07) is 6.07. The summed E-state index contributed by atoms with van der Waals surface area (Å²) >= 11 is 0. The first-order valence-electron chi connectivity index (χ1n) is 5.94. The third-order valence-corrected chi connectivity index (χ3v) is 3.60. The number of aryl methyl sites for hydroxylation is 2. The molecule has 0 aliphatic carbocycles. The molecule has 1 atom stereocenters. The second-order valence-electron chi connectivity index (χ2n) is 4.91. The molecule has 1 amide bonds. The normalized spacial score (nSPS) is 23.7. The Bertz CT molecular complexity index is 537. The van der Waals surface area contributed by atoms with Crippen molar-refractivity contribution in [3.63, 3.8) is 0 Å². The van der Waals surface area contributed by atoms with Crippen LogP contribution in [0, 0.1) is 13.8 Å². The Morgan fingerprint density at radius 2 is 1.89 bits per heavy atom. The molecule has 0 N–H and O–H groups in total. The van der Waals surface area contributed by atoms with Gasteiger partial charge in [-0.2, -0.15) is 5.10 Å². The molecule has 0 spiro atoms. The summed E-state index contributed by atoms with van der Waals surface area (Å²) in [5.74, 6) is 0. The Morgan fingerprint density at radius 1 is 1.22 bits per heavy atom. The molecule has 1 unspecified atom stereocenters. The third kappa shape index (κ3) is 1.88. The van der Waals surface area contributed by atoms with Crippen molar-refractivity contribution in [2.24, 2.45) is 5.10 Å². The fourth-order valence-corrected chi connectivity index (χ4v) is 1.98. The van der Waals surface area contributed by atoms with Gasteiger partial charge in [0.1, 0.15) is 0 Å². The zero-order valence-electron chi connectivity index (χ0n) is 11.4. The molecule has 1 heterocycles. The summed E-state index contributed by atoms with van der Waals surface area (Å²) in [6.07, 6.45) is -0.429. The lowest BCUT2D eigenvalue weighted by atomic mass is 9.89. The second-order valence-corrected chi connectivity index (χ2v) is 4.91. The quantitative estimate of drug-likeness (QED) is 0.764. The maximum atomic E-state index is 11.7. The van der Waals surface area contributed by atoms with E-state index in [9.17, 15) is 4.79 Å². The van der Waals surface area contributed by atoms with Gasteiger partial charge in [-0.05, 0) is 38.8 Å². The van der Waals surface area contributed by atoms with Crippen LogP contribution in [0.1, 0.15) is 30.5 Å². The molecule has 1 aromatic rings. The minimum absolute atomic E-state index is 0.429. The number of hydrogen-bond acceptors (Lipinski definition) is 3. The molecule has 0 aromatic heterocycles. The number of amides is 1. The molecule has 1 aromatic carbocycles. The molecule has 2 rings (SSSR count). The zero-order chi connectivity index (χ0) is 13.5. The lowest BCUT2D eigenvalue weighted by Crippen LogP contribution is -2.45. The molecular formula is C14H18N2O2. The molecule has 0 saturated heterocycles. The van der Waals surface area contributed by atoms with E-state index in [2.05, 4.69) is 12.0 Å². The van der Waals surface area contributed by atoms with E-state index in [1.165, 1.54) is 16.1 Å². The van der Waals surface area contributed by atoms with Crippen LogP contribution in [-0.4, -0.2) is 23.9 Å². The molecule has 4 nitrogen and oxygen atoms in total. The Hall–Kier alpha value is -1.84. The molecule has 0 bridgehead atoms. The lowest BCUT2D eigenvalue weighted by Gasteiger charge is -2.35. The number of rotatable bonds is 1. The molecule has 1 aliphatic rings. The number of cyclic esters (lactones) is 1. The van der Waals surface area contributed by atoms with Crippen molar-refractivity contribution in [3.8, 4) is 0 Å². The van der Waals surface area contributed by atoms with Crippen LogP contribution in [0.3, 0.4) is 0 Å². The first-order valence-corrected chi connectivity index (χ1v) is 5.94. The average molecular weight is 246 g/mol. The van der Waals surface area contributed by atoms with Crippen LogP contribution in [-0.2, 0) is 10.3 Å². The van der Waals surface area contributed by atoms with Crippen LogP contribution in [0.4, 0.5) is 4.79 Å². The van der Waals surface area contributed by atoms with Gasteiger partial charge in [-0.15, -0.1) is 0 Å². The van der Waals surface area contributed by atoms with Crippen molar-refractivity contribution in [2.45, 2.75) is 33.3 Å². The van der Waals surface area contributed by atoms with Gasteiger partial charge in [0.2, 0.25) is 0 Å². The number of carbonyl (C=O) groups is 1. The third-order valence-electron chi connectivity index (χ3n) is 3.60. The zero-order valence-corrected chi connectivity index (χ0v) is 11.4. The van der Waals surface area contributed by atoms with Gasteiger partial charge in [-0.1, -0.05) is 18.2 Å². The van der Waals surface area contributed by atoms with Crippen LogP contribution in [0.2, 0.25) is 0 Å². The highest BCUT2D eigenvalue weighted by molar-refractivity contribution is 5.95. The van der Waals surface area contributed by atoms with E-state index >= 15 is 0 Å². The van der Waals surface area contributed by atoms with Crippen LogP contribution in [0.5, 0.6) is 0 Å². The van der Waals surface area contributed by atoms with E-state index in [0.29, 0.717) is 0 Å². The Morgan fingerprint density at radius 3 is 2.50 bits per heavy atom. The standard InChI is InChI=1S/C14H18N2O2/c1-9-6-7-12(8-10(9)2)14(4)11(3)15-16(5)13(17)18-14/h6-8H,1-5H3. The molecular weight excluding hydrogens is 228 g/mol. The molecule has 0 saturated carbocycles. The second kappa shape index (κ2) is 4.12. The lowest BCUT2D eigenvalue weighted by molar-refractivity contribution is 0.0319. The average Bonchev–Trinajstić information content (AvgIpc) is 2.30. The predicted molar refractivity (Wildman–Crippen MR) is 70.6 cm³/mol. The van der Waals surface area contributed by atoms with E-state index in [4.69, 9.17) is 4.74 Å². The first kappa shape index (κ1) is 12.6. The van der Waals surface area contributed by atoms with Gasteiger partial charge in [0, 0.05) is 12.6 Å². The van der Waals surface area contributed by atoms with Gasteiger partial charge >= 0.3 is 6.09 Å². The highest BCUT2D eigenvalue weighted by atomic mass is 16.6. The van der Waals surface area contributed by atoms with Gasteiger partial charge in [0.15, 0.2) is 5.60 Å². The van der Waals surface area contributed by atoms with Gasteiger partial charge in [-0.25, -0.2) is 9.80 Å². The summed E-state index contributed by atoms with van der Waals surface area (Å²) in [4.78, 5) is 11.7. The van der Waals surface area contributed by atoms with E-state index in [1.807, 2.05) is 39.0 Å². The molecule has 4 heteroatoms. The van der Waals surface area contributed by atoms with Gasteiger partial charge in [-0.3, -0.25) is 0 Å². The largest absolute Gasteiger partial charge is 0.431 e. The molecule has 96 valence electrons. The van der Waals surface area contributed by atoms with Crippen molar-refractivity contribution in [3.05, 3.63) is 34.9 Å². The van der Waals surface area contributed by atoms with Crippen LogP contribution in [0.15, 0.2) is 23.3 Å². The Balaban J connectivity index is 2.51. The number of benzene rings is 1. The topological polar surface area (TPSA) is 41.9 Å². The number of carbonyl (C=O) groups excluding carboxylic acids is 1. The van der Waals surface area contributed by atoms with Crippen LogP contribution < -0.4 is 0 Å². The number of ether oxygens (including phenoxy) is 1. The highest BCUT2D eigenvalue weighted by Crippen LogP contribution is 2.32. The monoisotopic (exact) mass is 246 g/mol. The molecule has 0 fully saturated rings. The van der Waals surface area contributed by atoms with E-state index in [-0.39, 0.29) is 0 Å². The summed E-state index contributed by atoms with van der Waals surface area (Å²) in [7, 11) is 1.59.